The number of carbonyl (C=O) groups excluding carboxylic acids is 2. The van der Waals surface area contributed by atoms with Crippen molar-refractivity contribution in [2.75, 3.05) is 6.61 Å². The maximum absolute atomic E-state index is 12.5. The summed E-state index contributed by atoms with van der Waals surface area (Å²) in [6.45, 7) is 1.71. The Balaban J connectivity index is 1.27. The second kappa shape index (κ2) is 9.42. The molecular weight excluding hydrogens is 408 g/mol. The van der Waals surface area contributed by atoms with Crippen LogP contribution in [0.2, 0.25) is 0 Å². The van der Waals surface area contributed by atoms with Crippen LogP contribution in [0.4, 0.5) is 4.79 Å². The molecule has 0 radical (unpaired) electrons. The van der Waals surface area contributed by atoms with Crippen LogP contribution in [0.25, 0.3) is 11.1 Å². The zero-order chi connectivity index (χ0) is 22.7. The van der Waals surface area contributed by atoms with Crippen LogP contribution in [0.3, 0.4) is 0 Å². The second-order valence-corrected chi connectivity index (χ2v) is 8.68. The molecule has 3 N–H and O–H groups in total. The lowest BCUT2D eigenvalue weighted by Gasteiger charge is -2.17. The summed E-state index contributed by atoms with van der Waals surface area (Å²) < 4.78 is 5.60. The van der Waals surface area contributed by atoms with Crippen molar-refractivity contribution in [3.05, 3.63) is 59.7 Å². The number of amides is 2. The van der Waals surface area contributed by atoms with Crippen LogP contribution in [0, 0.1) is 5.92 Å². The lowest BCUT2D eigenvalue weighted by atomic mass is 9.98. The number of aliphatic carboxylic acids is 1. The first-order valence-electron chi connectivity index (χ1n) is 11.1. The van der Waals surface area contributed by atoms with Gasteiger partial charge in [0.25, 0.3) is 0 Å². The predicted molar refractivity (Wildman–Crippen MR) is 119 cm³/mol. The molecule has 0 saturated heterocycles. The van der Waals surface area contributed by atoms with Crippen LogP contribution in [-0.4, -0.2) is 41.8 Å². The minimum atomic E-state index is -1.06. The molecule has 1 fully saturated rings. The Bertz CT molecular complexity index is 975. The van der Waals surface area contributed by atoms with Gasteiger partial charge >= 0.3 is 12.1 Å². The summed E-state index contributed by atoms with van der Waals surface area (Å²) in [5.41, 5.74) is 4.71. The zero-order valence-electron chi connectivity index (χ0n) is 18.0. The molecule has 2 aromatic carbocycles. The number of benzene rings is 2. The molecule has 0 spiro atoms. The number of fused-ring (bicyclic) bond motifs is 3. The van der Waals surface area contributed by atoms with E-state index in [9.17, 15) is 14.4 Å². The molecule has 0 aromatic heterocycles. The Labute approximate surface area is 187 Å². The summed E-state index contributed by atoms with van der Waals surface area (Å²) in [5, 5.41) is 14.3. The van der Waals surface area contributed by atoms with Crippen LogP contribution >= 0.6 is 0 Å². The molecule has 0 aliphatic heterocycles. The van der Waals surface area contributed by atoms with E-state index in [0.29, 0.717) is 6.42 Å². The summed E-state index contributed by atoms with van der Waals surface area (Å²) in [7, 11) is 0. The van der Waals surface area contributed by atoms with E-state index in [1.807, 2.05) is 24.3 Å². The van der Waals surface area contributed by atoms with Gasteiger partial charge in [0.05, 0.1) is 0 Å². The first-order chi connectivity index (χ1) is 15.4. The second-order valence-electron chi connectivity index (χ2n) is 8.68. The normalized spacial score (nSPS) is 20.2. The van der Waals surface area contributed by atoms with Gasteiger partial charge in [0.1, 0.15) is 12.6 Å². The molecule has 3 atom stereocenters. The Kier molecular flexibility index (Phi) is 6.44. The Morgan fingerprint density at radius 1 is 1.03 bits per heavy atom. The van der Waals surface area contributed by atoms with E-state index in [1.54, 1.807) is 0 Å². The average molecular weight is 437 g/mol. The summed E-state index contributed by atoms with van der Waals surface area (Å²) in [5.74, 6) is -1.19. The van der Waals surface area contributed by atoms with Gasteiger partial charge in [-0.2, -0.15) is 0 Å². The maximum Gasteiger partial charge on any atom is 0.407 e. The van der Waals surface area contributed by atoms with Gasteiger partial charge in [0.2, 0.25) is 5.91 Å². The highest BCUT2D eigenvalue weighted by molar-refractivity contribution is 5.83. The highest BCUT2D eigenvalue weighted by atomic mass is 16.5. The van der Waals surface area contributed by atoms with E-state index in [-0.39, 0.29) is 36.8 Å². The van der Waals surface area contributed by atoms with Crippen molar-refractivity contribution < 1.29 is 24.2 Å². The van der Waals surface area contributed by atoms with E-state index in [0.717, 1.165) is 12.8 Å². The van der Waals surface area contributed by atoms with Gasteiger partial charge in [-0.05, 0) is 54.4 Å². The van der Waals surface area contributed by atoms with Crippen LogP contribution in [0.5, 0.6) is 0 Å². The molecule has 7 nitrogen and oxygen atoms in total. The number of rotatable bonds is 7. The molecule has 4 rings (SSSR count). The van der Waals surface area contributed by atoms with Gasteiger partial charge in [-0.15, -0.1) is 0 Å². The van der Waals surface area contributed by atoms with Crippen LogP contribution in [-0.2, 0) is 14.3 Å². The molecular formula is C25H28N2O5. The summed E-state index contributed by atoms with van der Waals surface area (Å²) in [6, 6.07) is 15.5. The highest BCUT2D eigenvalue weighted by Crippen LogP contribution is 2.44. The predicted octanol–water partition coefficient (Wildman–Crippen LogP) is 3.67. The smallest absolute Gasteiger partial charge is 0.407 e. The first kappa shape index (κ1) is 21.9. The van der Waals surface area contributed by atoms with Crippen molar-refractivity contribution in [1.29, 1.82) is 0 Å². The van der Waals surface area contributed by atoms with Gasteiger partial charge < -0.3 is 20.5 Å². The Morgan fingerprint density at radius 2 is 1.66 bits per heavy atom. The van der Waals surface area contributed by atoms with Crippen molar-refractivity contribution in [3.8, 4) is 11.1 Å². The number of ether oxygens (including phenoxy) is 1. The lowest BCUT2D eigenvalue weighted by molar-refractivity contribution is -0.141. The number of alkyl carbamates (subject to hydrolysis) is 1. The summed E-state index contributed by atoms with van der Waals surface area (Å²) in [6.07, 6.45) is 2.08. The summed E-state index contributed by atoms with van der Waals surface area (Å²) >= 11 is 0. The molecule has 32 heavy (non-hydrogen) atoms. The number of hydrogen-bond acceptors (Lipinski definition) is 4. The molecule has 7 heteroatoms. The maximum atomic E-state index is 12.5. The van der Waals surface area contributed by atoms with Crippen molar-refractivity contribution in [3.63, 3.8) is 0 Å². The number of carboxylic acid groups (broad SMARTS) is 1. The van der Waals surface area contributed by atoms with Gasteiger partial charge in [0.15, 0.2) is 0 Å². The van der Waals surface area contributed by atoms with Crippen molar-refractivity contribution in [1.82, 2.24) is 10.6 Å². The fourth-order valence-corrected chi connectivity index (χ4v) is 4.82. The van der Waals surface area contributed by atoms with Crippen molar-refractivity contribution >= 4 is 18.0 Å². The molecule has 2 aliphatic carbocycles. The van der Waals surface area contributed by atoms with Crippen LogP contribution in [0.15, 0.2) is 48.5 Å². The SMILES string of the molecule is C[C@@H](NC(=O)C[C@@H]1CC[C@H](NC(=O)OCC2c3ccccc3-c3ccccc32)C1)C(=O)O. The number of carbonyl (C=O) groups is 3. The van der Waals surface area contributed by atoms with E-state index < -0.39 is 18.1 Å². The summed E-state index contributed by atoms with van der Waals surface area (Å²) in [4.78, 5) is 35.3. The topological polar surface area (TPSA) is 105 Å². The molecule has 2 aromatic rings. The van der Waals surface area contributed by atoms with Gasteiger partial charge in [0, 0.05) is 18.4 Å². The molecule has 0 heterocycles. The molecule has 2 aliphatic rings. The molecule has 1 saturated carbocycles. The Morgan fingerprint density at radius 3 is 2.28 bits per heavy atom. The third kappa shape index (κ3) is 4.77. The largest absolute Gasteiger partial charge is 0.480 e. The molecule has 2 amide bonds. The lowest BCUT2D eigenvalue weighted by Crippen LogP contribution is -2.39. The zero-order valence-corrected chi connectivity index (χ0v) is 18.0. The first-order valence-corrected chi connectivity index (χ1v) is 11.1. The van der Waals surface area contributed by atoms with E-state index in [4.69, 9.17) is 9.84 Å². The number of nitrogens with one attached hydrogen (secondary N) is 2. The minimum Gasteiger partial charge on any atom is -0.480 e. The third-order valence-corrected chi connectivity index (χ3v) is 6.43. The van der Waals surface area contributed by atoms with Crippen molar-refractivity contribution in [2.45, 2.75) is 50.6 Å². The van der Waals surface area contributed by atoms with E-state index in [1.165, 1.54) is 29.2 Å². The number of carboxylic acids is 1. The fraction of sp³-hybridized carbons (Fsp3) is 0.400. The van der Waals surface area contributed by atoms with E-state index >= 15 is 0 Å². The molecule has 0 bridgehead atoms. The monoisotopic (exact) mass is 436 g/mol. The fourth-order valence-electron chi connectivity index (χ4n) is 4.82. The van der Waals surface area contributed by atoms with Gasteiger partial charge in [-0.1, -0.05) is 48.5 Å². The Hall–Kier alpha value is -3.35. The molecule has 168 valence electrons. The van der Waals surface area contributed by atoms with Crippen LogP contribution in [0.1, 0.15) is 49.7 Å². The average Bonchev–Trinajstić information content (AvgIpc) is 3.34. The van der Waals surface area contributed by atoms with Gasteiger partial charge in [-0.25, -0.2) is 4.79 Å². The standard InChI is InChI=1S/C25H28N2O5/c1-15(24(29)30)26-23(28)13-16-10-11-17(12-16)27-25(31)32-14-22-20-8-4-2-6-18(20)19-7-3-5-9-21(19)22/h2-9,15-17,22H,10-14H2,1H3,(H,26,28)(H,27,31)(H,29,30)/t15-,16-,17+/m1/s1. The quantitative estimate of drug-likeness (QED) is 0.614. The minimum absolute atomic E-state index is 0.0180. The number of hydrogen-bond donors (Lipinski definition) is 3. The highest BCUT2D eigenvalue weighted by Gasteiger charge is 2.31. The van der Waals surface area contributed by atoms with Gasteiger partial charge in [-0.3, -0.25) is 9.59 Å². The third-order valence-electron chi connectivity index (χ3n) is 6.43. The molecule has 0 unspecified atom stereocenters. The van der Waals surface area contributed by atoms with E-state index in [2.05, 4.69) is 34.9 Å². The van der Waals surface area contributed by atoms with Crippen molar-refractivity contribution in [2.24, 2.45) is 5.92 Å². The van der Waals surface area contributed by atoms with Crippen LogP contribution < -0.4 is 10.6 Å².